The van der Waals surface area contributed by atoms with Crippen LogP contribution in [0.2, 0.25) is 0 Å². The smallest absolute Gasteiger partial charge is 0.296 e. The summed E-state index contributed by atoms with van der Waals surface area (Å²) in [5.74, 6) is 0.284. The van der Waals surface area contributed by atoms with E-state index in [1.165, 1.54) is 0 Å². The van der Waals surface area contributed by atoms with Crippen LogP contribution in [0.3, 0.4) is 0 Å². The Morgan fingerprint density at radius 1 is 0.850 bits per heavy atom. The lowest BCUT2D eigenvalue weighted by atomic mass is 9.79. The van der Waals surface area contributed by atoms with E-state index in [4.69, 9.17) is 0 Å². The summed E-state index contributed by atoms with van der Waals surface area (Å²) in [6.07, 6.45) is 1.57. The van der Waals surface area contributed by atoms with Crippen LogP contribution in [0.1, 0.15) is 40.5 Å². The van der Waals surface area contributed by atoms with Gasteiger partial charge in [0.15, 0.2) is 0 Å². The molecular formula is C25H33N7O6S2. The second-order valence-electron chi connectivity index (χ2n) is 11.1. The summed E-state index contributed by atoms with van der Waals surface area (Å²) < 4.78 is 66.8. The molecule has 1 aliphatic heterocycles. The van der Waals surface area contributed by atoms with Crippen LogP contribution in [0.25, 0.3) is 0 Å². The van der Waals surface area contributed by atoms with Crippen LogP contribution in [0.15, 0.2) is 58.3 Å². The molecule has 5 N–H and O–H groups in total. The van der Waals surface area contributed by atoms with Crippen molar-refractivity contribution in [1.82, 2.24) is 20.3 Å². The Morgan fingerprint density at radius 3 is 1.98 bits per heavy atom. The van der Waals surface area contributed by atoms with Crippen molar-refractivity contribution in [2.24, 2.45) is 0 Å². The van der Waals surface area contributed by atoms with Crippen LogP contribution in [0.5, 0.6) is 0 Å². The van der Waals surface area contributed by atoms with Gasteiger partial charge in [0.25, 0.3) is 20.2 Å². The molecule has 1 saturated heterocycles. The van der Waals surface area contributed by atoms with Gasteiger partial charge in [0, 0.05) is 29.9 Å². The Labute approximate surface area is 234 Å². The first-order chi connectivity index (χ1) is 18.4. The first kappa shape index (κ1) is 29.6. The van der Waals surface area contributed by atoms with Gasteiger partial charge < -0.3 is 20.9 Å². The predicted molar refractivity (Wildman–Crippen MR) is 152 cm³/mol. The standard InChI is InChI=1S/C25H33N7O6S2/c1-24(2)14-17(15-25(3,4)31-24)32(5)23-29-21(26-16-9-7-6-8-10-16)28-22(30-23)27-19-13-18(39(33,34)35)11-12-20(19)40(36,37)38/h6-13,17,31H,14-15H2,1-5H3,(H,33,34,35)(H,36,37,38)(H2,26,27,28,29,30). The molecule has 2 heterocycles. The number of rotatable bonds is 8. The van der Waals surface area contributed by atoms with Gasteiger partial charge in [0.2, 0.25) is 17.8 Å². The van der Waals surface area contributed by atoms with Crippen LogP contribution < -0.4 is 20.9 Å². The van der Waals surface area contributed by atoms with E-state index in [0.29, 0.717) is 5.69 Å². The largest absolute Gasteiger partial charge is 0.341 e. The molecule has 3 aromatic rings. The molecule has 0 saturated carbocycles. The van der Waals surface area contributed by atoms with Gasteiger partial charge in [-0.05, 0) is 70.9 Å². The maximum Gasteiger partial charge on any atom is 0.296 e. The molecule has 1 aliphatic rings. The number of para-hydroxylation sites is 1. The van der Waals surface area contributed by atoms with Crippen molar-refractivity contribution in [3.05, 3.63) is 48.5 Å². The van der Waals surface area contributed by atoms with Crippen LogP contribution in [0.4, 0.5) is 29.2 Å². The number of aromatic nitrogens is 3. The summed E-state index contributed by atoms with van der Waals surface area (Å²) in [6, 6.07) is 11.7. The van der Waals surface area contributed by atoms with E-state index in [0.717, 1.165) is 31.0 Å². The zero-order chi connectivity index (χ0) is 29.5. The monoisotopic (exact) mass is 591 g/mol. The number of piperidine rings is 1. The summed E-state index contributed by atoms with van der Waals surface area (Å²) >= 11 is 0. The third-order valence-electron chi connectivity index (χ3n) is 6.46. The molecule has 1 aromatic heterocycles. The Kier molecular flexibility index (Phi) is 7.81. The molecule has 0 aliphatic carbocycles. The highest BCUT2D eigenvalue weighted by atomic mass is 32.2. The fourth-order valence-electron chi connectivity index (χ4n) is 5.10. The van der Waals surface area contributed by atoms with Crippen LogP contribution >= 0.6 is 0 Å². The van der Waals surface area contributed by atoms with E-state index in [-0.39, 0.29) is 40.7 Å². The lowest BCUT2D eigenvalue weighted by molar-refractivity contribution is 0.160. The molecule has 0 radical (unpaired) electrons. The molecule has 2 aromatic carbocycles. The predicted octanol–water partition coefficient (Wildman–Crippen LogP) is 3.60. The molecule has 0 bridgehead atoms. The SMILES string of the molecule is CN(c1nc(Nc2ccccc2)nc(Nc2cc(S(=O)(=O)O)ccc2S(=O)(=O)O)n1)C1CC(C)(C)NC(C)(C)C1. The zero-order valence-corrected chi connectivity index (χ0v) is 24.4. The number of nitrogens with zero attached hydrogens (tertiary/aromatic N) is 4. The van der Waals surface area contributed by atoms with E-state index in [2.05, 4.69) is 58.6 Å². The highest BCUT2D eigenvalue weighted by Gasteiger charge is 2.40. The molecule has 0 spiro atoms. The van der Waals surface area contributed by atoms with Gasteiger partial charge in [-0.1, -0.05) is 18.2 Å². The number of hydrogen-bond acceptors (Lipinski definition) is 11. The topological polar surface area (TPSA) is 187 Å². The van der Waals surface area contributed by atoms with Crippen molar-refractivity contribution >= 4 is 49.5 Å². The molecular weight excluding hydrogens is 558 g/mol. The van der Waals surface area contributed by atoms with E-state index in [1.807, 2.05) is 42.3 Å². The van der Waals surface area contributed by atoms with E-state index in [1.54, 1.807) is 0 Å². The third kappa shape index (κ3) is 7.22. The van der Waals surface area contributed by atoms with Gasteiger partial charge in [-0.3, -0.25) is 9.11 Å². The van der Waals surface area contributed by atoms with E-state index in [9.17, 15) is 25.9 Å². The molecule has 13 nitrogen and oxygen atoms in total. The molecule has 1 fully saturated rings. The third-order valence-corrected chi connectivity index (χ3v) is 8.22. The summed E-state index contributed by atoms with van der Waals surface area (Å²) in [7, 11) is -7.61. The maximum absolute atomic E-state index is 12.0. The minimum atomic E-state index is -4.79. The van der Waals surface area contributed by atoms with Crippen molar-refractivity contribution < 1.29 is 25.9 Å². The Bertz CT molecular complexity index is 1600. The minimum absolute atomic E-state index is 0.0299. The number of anilines is 5. The normalized spacial score (nSPS) is 17.3. The minimum Gasteiger partial charge on any atom is -0.341 e. The fraction of sp³-hybridized carbons (Fsp3) is 0.400. The molecule has 0 atom stereocenters. The van der Waals surface area contributed by atoms with Crippen molar-refractivity contribution in [2.45, 2.75) is 67.4 Å². The lowest BCUT2D eigenvalue weighted by Gasteiger charge is -2.48. The van der Waals surface area contributed by atoms with Gasteiger partial charge in [-0.25, -0.2) is 0 Å². The van der Waals surface area contributed by atoms with E-state index < -0.39 is 30.0 Å². The molecule has 15 heteroatoms. The molecule has 0 unspecified atom stereocenters. The average molecular weight is 592 g/mol. The van der Waals surface area contributed by atoms with Crippen molar-refractivity contribution in [1.29, 1.82) is 0 Å². The van der Waals surface area contributed by atoms with Gasteiger partial charge in [0.1, 0.15) is 4.90 Å². The summed E-state index contributed by atoms with van der Waals surface area (Å²) in [5, 5.41) is 9.43. The number of benzene rings is 2. The van der Waals surface area contributed by atoms with Gasteiger partial charge in [0.05, 0.1) is 10.6 Å². The first-order valence-corrected chi connectivity index (χ1v) is 15.3. The van der Waals surface area contributed by atoms with E-state index >= 15 is 0 Å². The zero-order valence-electron chi connectivity index (χ0n) is 22.7. The lowest BCUT2D eigenvalue weighted by Crippen LogP contribution is -2.62. The van der Waals surface area contributed by atoms with Crippen molar-refractivity contribution in [3.8, 4) is 0 Å². The summed E-state index contributed by atoms with van der Waals surface area (Å²) in [4.78, 5) is 14.2. The molecule has 216 valence electrons. The first-order valence-electron chi connectivity index (χ1n) is 12.4. The number of nitrogens with one attached hydrogen (secondary N) is 3. The molecule has 4 rings (SSSR count). The van der Waals surface area contributed by atoms with Crippen molar-refractivity contribution in [3.63, 3.8) is 0 Å². The summed E-state index contributed by atoms with van der Waals surface area (Å²) in [5.41, 5.74) is -0.00212. The van der Waals surface area contributed by atoms with Crippen molar-refractivity contribution in [2.75, 3.05) is 22.6 Å². The Balaban J connectivity index is 1.80. The fourth-order valence-corrected chi connectivity index (χ4v) is 6.24. The Morgan fingerprint density at radius 2 is 1.43 bits per heavy atom. The highest BCUT2D eigenvalue weighted by molar-refractivity contribution is 7.86. The van der Waals surface area contributed by atoms with Crippen LogP contribution in [-0.2, 0) is 20.2 Å². The van der Waals surface area contributed by atoms with Crippen LogP contribution in [0, 0.1) is 0 Å². The highest BCUT2D eigenvalue weighted by Crippen LogP contribution is 2.33. The number of hydrogen-bond donors (Lipinski definition) is 5. The average Bonchev–Trinajstić information content (AvgIpc) is 2.81. The van der Waals surface area contributed by atoms with Gasteiger partial charge >= 0.3 is 0 Å². The maximum atomic E-state index is 12.0. The Hall–Kier alpha value is -3.37. The second kappa shape index (κ2) is 10.6. The molecule has 0 amide bonds. The van der Waals surface area contributed by atoms with Crippen LogP contribution in [-0.4, -0.2) is 65.1 Å². The quantitative estimate of drug-likeness (QED) is 0.239. The van der Waals surface area contributed by atoms with Gasteiger partial charge in [-0.15, -0.1) is 0 Å². The van der Waals surface area contributed by atoms with Gasteiger partial charge in [-0.2, -0.15) is 31.8 Å². The second-order valence-corrected chi connectivity index (χ2v) is 13.9. The molecule has 40 heavy (non-hydrogen) atoms. The summed E-state index contributed by atoms with van der Waals surface area (Å²) in [6.45, 7) is 8.49.